The van der Waals surface area contributed by atoms with Crippen molar-refractivity contribution in [2.45, 2.75) is 18.9 Å². The molecule has 1 unspecified atom stereocenters. The Morgan fingerprint density at radius 1 is 1.33 bits per heavy atom. The number of nitrogens with one attached hydrogen (secondary N) is 1. The van der Waals surface area contributed by atoms with E-state index in [9.17, 15) is 4.79 Å². The first-order chi connectivity index (χ1) is 7.05. The predicted molar refractivity (Wildman–Crippen MR) is 55.0 cm³/mol. The van der Waals surface area contributed by atoms with Gasteiger partial charge in [-0.15, -0.1) is 0 Å². The lowest BCUT2D eigenvalue weighted by atomic mass is 10.0. The van der Waals surface area contributed by atoms with Crippen molar-refractivity contribution >= 4 is 5.91 Å². The molecule has 0 aliphatic rings. The maximum Gasteiger partial charge on any atom is 0.223 e. The van der Waals surface area contributed by atoms with Crippen molar-refractivity contribution in [3.05, 3.63) is 0 Å². The van der Waals surface area contributed by atoms with Gasteiger partial charge in [0.1, 0.15) is 5.54 Å². The van der Waals surface area contributed by atoms with Crippen molar-refractivity contribution in [2.24, 2.45) is 11.7 Å². The Hall–Kier alpha value is -0.690. The largest absolute Gasteiger partial charge is 0.394 e. The van der Waals surface area contributed by atoms with Crippen molar-refractivity contribution in [3.63, 3.8) is 0 Å². The van der Waals surface area contributed by atoms with Crippen LogP contribution in [0.3, 0.4) is 0 Å². The molecule has 15 heavy (non-hydrogen) atoms. The van der Waals surface area contributed by atoms with Crippen molar-refractivity contribution in [3.8, 4) is 0 Å². The Balaban J connectivity index is 4.34. The van der Waals surface area contributed by atoms with Crippen LogP contribution < -0.4 is 11.1 Å². The smallest absolute Gasteiger partial charge is 0.223 e. The monoisotopic (exact) mass is 220 g/mol. The number of carbonyl (C=O) groups excluding carboxylic acids is 1. The van der Waals surface area contributed by atoms with Gasteiger partial charge in [-0.1, -0.05) is 6.92 Å². The molecule has 6 nitrogen and oxygen atoms in total. The second-order valence-electron chi connectivity index (χ2n) is 3.72. The minimum absolute atomic E-state index is 0.306. The summed E-state index contributed by atoms with van der Waals surface area (Å²) in [5, 5.41) is 29.4. The molecule has 0 saturated heterocycles. The van der Waals surface area contributed by atoms with E-state index in [4.69, 9.17) is 21.1 Å². The molecule has 0 bridgehead atoms. The number of carbonyl (C=O) groups is 1. The van der Waals surface area contributed by atoms with Gasteiger partial charge in [0, 0.05) is 5.92 Å². The highest BCUT2D eigenvalue weighted by molar-refractivity contribution is 5.79. The van der Waals surface area contributed by atoms with E-state index < -0.39 is 25.4 Å². The topological polar surface area (TPSA) is 116 Å². The second-order valence-corrected chi connectivity index (χ2v) is 3.72. The summed E-state index contributed by atoms with van der Waals surface area (Å²) in [7, 11) is 0. The van der Waals surface area contributed by atoms with Gasteiger partial charge >= 0.3 is 0 Å². The average Bonchev–Trinajstić information content (AvgIpc) is 2.26. The lowest BCUT2D eigenvalue weighted by Gasteiger charge is -2.30. The number of aliphatic hydroxyl groups is 3. The normalized spacial score (nSPS) is 13.7. The fourth-order valence-electron chi connectivity index (χ4n) is 1.03. The number of amides is 1. The molecule has 0 heterocycles. The zero-order valence-electron chi connectivity index (χ0n) is 8.94. The third-order valence-electron chi connectivity index (χ3n) is 2.34. The van der Waals surface area contributed by atoms with E-state index in [0.29, 0.717) is 13.0 Å². The molecule has 6 heteroatoms. The molecule has 1 amide bonds. The molecule has 0 spiro atoms. The van der Waals surface area contributed by atoms with E-state index in [1.165, 1.54) is 0 Å². The Bertz CT molecular complexity index is 186. The highest BCUT2D eigenvalue weighted by Crippen LogP contribution is 2.06. The van der Waals surface area contributed by atoms with Crippen molar-refractivity contribution in [2.75, 3.05) is 26.4 Å². The van der Waals surface area contributed by atoms with Crippen molar-refractivity contribution < 1.29 is 20.1 Å². The molecular weight excluding hydrogens is 200 g/mol. The number of rotatable bonds is 7. The Labute approximate surface area is 89.1 Å². The molecule has 0 aliphatic heterocycles. The second kappa shape index (κ2) is 6.73. The average molecular weight is 220 g/mol. The first-order valence-corrected chi connectivity index (χ1v) is 4.90. The quantitative estimate of drug-likeness (QED) is 0.334. The van der Waals surface area contributed by atoms with Crippen LogP contribution in [0.2, 0.25) is 0 Å². The van der Waals surface area contributed by atoms with Gasteiger partial charge in [0.25, 0.3) is 0 Å². The van der Waals surface area contributed by atoms with E-state index in [1.54, 1.807) is 6.92 Å². The molecule has 0 radical (unpaired) electrons. The third-order valence-corrected chi connectivity index (χ3v) is 2.34. The van der Waals surface area contributed by atoms with Crippen LogP contribution in [0, 0.1) is 5.92 Å². The van der Waals surface area contributed by atoms with Crippen LogP contribution in [-0.2, 0) is 4.79 Å². The molecule has 1 atom stereocenters. The van der Waals surface area contributed by atoms with E-state index >= 15 is 0 Å². The number of hydrogen-bond donors (Lipinski definition) is 5. The minimum Gasteiger partial charge on any atom is -0.394 e. The standard InChI is InChI=1S/C9H20N2O4/c1-7(2-3-10)8(15)11-9(4-12,5-13)6-14/h7,12-14H,2-6,10H2,1H3,(H,11,15). The zero-order valence-corrected chi connectivity index (χ0v) is 8.94. The highest BCUT2D eigenvalue weighted by Gasteiger charge is 2.31. The maximum atomic E-state index is 11.5. The van der Waals surface area contributed by atoms with Gasteiger partial charge in [0.05, 0.1) is 19.8 Å². The van der Waals surface area contributed by atoms with Crippen LogP contribution in [0.25, 0.3) is 0 Å². The van der Waals surface area contributed by atoms with Crippen LogP contribution in [0.15, 0.2) is 0 Å². The molecule has 0 aromatic carbocycles. The Morgan fingerprint density at radius 2 is 1.80 bits per heavy atom. The summed E-state index contributed by atoms with van der Waals surface area (Å²) in [5.41, 5.74) is 3.95. The van der Waals surface area contributed by atoms with Crippen molar-refractivity contribution in [1.29, 1.82) is 0 Å². The van der Waals surface area contributed by atoms with Gasteiger partial charge in [0.15, 0.2) is 0 Å². The SMILES string of the molecule is CC(CCN)C(=O)NC(CO)(CO)CO. The number of nitrogens with two attached hydrogens (primary N) is 1. The molecular formula is C9H20N2O4. The van der Waals surface area contributed by atoms with Crippen LogP contribution in [0.1, 0.15) is 13.3 Å². The molecule has 6 N–H and O–H groups in total. The summed E-state index contributed by atoms with van der Waals surface area (Å²) in [6.45, 7) is 0.543. The van der Waals surface area contributed by atoms with Gasteiger partial charge in [-0.2, -0.15) is 0 Å². The molecule has 0 fully saturated rings. The highest BCUT2D eigenvalue weighted by atomic mass is 16.3. The summed E-state index contributed by atoms with van der Waals surface area (Å²) in [4.78, 5) is 11.5. The van der Waals surface area contributed by atoms with Crippen LogP contribution in [0.5, 0.6) is 0 Å². The van der Waals surface area contributed by atoms with Gasteiger partial charge in [-0.25, -0.2) is 0 Å². The summed E-state index contributed by atoms with van der Waals surface area (Å²) < 4.78 is 0. The van der Waals surface area contributed by atoms with Crippen LogP contribution in [0.4, 0.5) is 0 Å². The first-order valence-electron chi connectivity index (χ1n) is 4.90. The number of aliphatic hydroxyl groups excluding tert-OH is 3. The Kier molecular flexibility index (Phi) is 6.42. The zero-order chi connectivity index (χ0) is 11.9. The lowest BCUT2D eigenvalue weighted by molar-refractivity contribution is -0.129. The van der Waals surface area contributed by atoms with E-state index in [-0.39, 0.29) is 11.8 Å². The maximum absolute atomic E-state index is 11.5. The first kappa shape index (κ1) is 14.3. The summed E-state index contributed by atoms with van der Waals surface area (Å²) >= 11 is 0. The minimum atomic E-state index is -1.35. The lowest BCUT2D eigenvalue weighted by Crippen LogP contribution is -2.58. The van der Waals surface area contributed by atoms with Gasteiger partial charge < -0.3 is 26.4 Å². The van der Waals surface area contributed by atoms with Gasteiger partial charge in [-0.05, 0) is 13.0 Å². The fraction of sp³-hybridized carbons (Fsp3) is 0.889. The van der Waals surface area contributed by atoms with E-state index in [1.807, 2.05) is 0 Å². The number of hydrogen-bond acceptors (Lipinski definition) is 5. The molecule has 0 aromatic heterocycles. The van der Waals surface area contributed by atoms with E-state index in [0.717, 1.165) is 0 Å². The molecule has 0 rings (SSSR count). The third kappa shape index (κ3) is 4.13. The van der Waals surface area contributed by atoms with Crippen LogP contribution >= 0.6 is 0 Å². The summed E-state index contributed by atoms with van der Waals surface area (Å²) in [6.07, 6.45) is 0.518. The molecule has 0 aromatic rings. The molecule has 0 aliphatic carbocycles. The Morgan fingerprint density at radius 3 is 2.13 bits per heavy atom. The van der Waals surface area contributed by atoms with Crippen molar-refractivity contribution in [1.82, 2.24) is 5.32 Å². The van der Waals surface area contributed by atoms with Gasteiger partial charge in [0.2, 0.25) is 5.91 Å². The molecule has 90 valence electrons. The summed E-state index contributed by atoms with van der Waals surface area (Å²) in [5.74, 6) is -0.642. The van der Waals surface area contributed by atoms with E-state index in [2.05, 4.69) is 5.32 Å². The molecule has 0 saturated carbocycles. The van der Waals surface area contributed by atoms with Crippen LogP contribution in [-0.4, -0.2) is 53.1 Å². The fourth-order valence-corrected chi connectivity index (χ4v) is 1.03. The predicted octanol–water partition coefficient (Wildman–Crippen LogP) is -2.20. The summed E-state index contributed by atoms with van der Waals surface area (Å²) in [6, 6.07) is 0. The van der Waals surface area contributed by atoms with Gasteiger partial charge in [-0.3, -0.25) is 4.79 Å².